The van der Waals surface area contributed by atoms with Gasteiger partial charge in [0.25, 0.3) is 0 Å². The first-order valence-electron chi connectivity index (χ1n) is 6.13. The number of benzene rings is 1. The molecule has 0 fully saturated rings. The van der Waals surface area contributed by atoms with Crippen molar-refractivity contribution in [2.75, 3.05) is 11.9 Å². The molecule has 0 aliphatic rings. The topological polar surface area (TPSA) is 85.8 Å². The number of nitrogens with zero attached hydrogens (tertiary/aromatic N) is 3. The lowest BCUT2D eigenvalue weighted by Gasteiger charge is -2.07. The van der Waals surface area contributed by atoms with Gasteiger partial charge in [-0.25, -0.2) is 4.68 Å². The third-order valence-corrected chi connectivity index (χ3v) is 2.71. The molecule has 6 heteroatoms. The van der Waals surface area contributed by atoms with E-state index >= 15 is 0 Å². The van der Waals surface area contributed by atoms with Crippen LogP contribution in [0.2, 0.25) is 0 Å². The number of aromatic nitrogens is 3. The number of para-hydroxylation sites is 1. The van der Waals surface area contributed by atoms with E-state index in [-0.39, 0.29) is 12.5 Å². The highest BCUT2D eigenvalue weighted by molar-refractivity contribution is 5.91. The Hall–Kier alpha value is -2.21. The first-order valence-corrected chi connectivity index (χ1v) is 6.13. The van der Waals surface area contributed by atoms with Crippen LogP contribution in [0.3, 0.4) is 0 Å². The van der Waals surface area contributed by atoms with Gasteiger partial charge in [0.05, 0.1) is 5.69 Å². The van der Waals surface area contributed by atoms with Crippen molar-refractivity contribution in [3.05, 3.63) is 41.7 Å². The molecule has 1 amide bonds. The van der Waals surface area contributed by atoms with E-state index in [0.29, 0.717) is 13.0 Å². The lowest BCUT2D eigenvalue weighted by atomic mass is 10.2. The molecule has 1 aromatic carbocycles. The van der Waals surface area contributed by atoms with Crippen molar-refractivity contribution < 1.29 is 4.79 Å². The highest BCUT2D eigenvalue weighted by atomic mass is 16.2. The van der Waals surface area contributed by atoms with Crippen LogP contribution in [0.25, 0.3) is 0 Å². The fourth-order valence-electron chi connectivity index (χ4n) is 1.73. The highest BCUT2D eigenvalue weighted by Gasteiger charge is 2.07. The number of nitrogens with one attached hydrogen (secondary N) is 1. The zero-order chi connectivity index (χ0) is 13.7. The van der Waals surface area contributed by atoms with Crippen molar-refractivity contribution in [3.63, 3.8) is 0 Å². The van der Waals surface area contributed by atoms with E-state index in [1.54, 1.807) is 6.20 Å². The van der Waals surface area contributed by atoms with Crippen molar-refractivity contribution in [2.24, 2.45) is 5.73 Å². The Bertz CT molecular complexity index is 564. The zero-order valence-corrected chi connectivity index (χ0v) is 10.8. The van der Waals surface area contributed by atoms with Crippen LogP contribution < -0.4 is 11.1 Å². The van der Waals surface area contributed by atoms with Gasteiger partial charge in [-0.05, 0) is 25.1 Å². The van der Waals surface area contributed by atoms with E-state index in [0.717, 1.165) is 16.9 Å². The number of amides is 1. The molecule has 2 aromatic rings. The van der Waals surface area contributed by atoms with E-state index in [4.69, 9.17) is 5.73 Å². The van der Waals surface area contributed by atoms with Crippen LogP contribution in [0.5, 0.6) is 0 Å². The summed E-state index contributed by atoms with van der Waals surface area (Å²) in [5.74, 6) is -0.126. The Balaban J connectivity index is 1.95. The van der Waals surface area contributed by atoms with Gasteiger partial charge in [0.1, 0.15) is 6.54 Å². The van der Waals surface area contributed by atoms with Crippen LogP contribution in [-0.2, 0) is 17.8 Å². The second kappa shape index (κ2) is 6.10. The van der Waals surface area contributed by atoms with Gasteiger partial charge in [0, 0.05) is 18.3 Å². The minimum atomic E-state index is -0.126. The molecule has 100 valence electrons. The number of anilines is 1. The van der Waals surface area contributed by atoms with Crippen LogP contribution in [-0.4, -0.2) is 27.4 Å². The molecule has 1 aromatic heterocycles. The van der Waals surface area contributed by atoms with Crippen LogP contribution >= 0.6 is 0 Å². The first kappa shape index (κ1) is 13.2. The minimum absolute atomic E-state index is 0.126. The molecule has 0 radical (unpaired) electrons. The van der Waals surface area contributed by atoms with Crippen LogP contribution in [0, 0.1) is 6.92 Å². The molecule has 0 atom stereocenters. The van der Waals surface area contributed by atoms with E-state index in [1.165, 1.54) is 4.68 Å². The molecule has 0 saturated heterocycles. The van der Waals surface area contributed by atoms with Crippen molar-refractivity contribution in [2.45, 2.75) is 19.9 Å². The van der Waals surface area contributed by atoms with Crippen molar-refractivity contribution in [3.8, 4) is 0 Å². The number of hydrogen-bond donors (Lipinski definition) is 2. The van der Waals surface area contributed by atoms with Gasteiger partial charge in [-0.1, -0.05) is 23.4 Å². The van der Waals surface area contributed by atoms with Gasteiger partial charge >= 0.3 is 0 Å². The third kappa shape index (κ3) is 3.62. The van der Waals surface area contributed by atoms with Crippen LogP contribution in [0.1, 0.15) is 11.3 Å². The molecule has 19 heavy (non-hydrogen) atoms. The molecule has 0 saturated carbocycles. The maximum Gasteiger partial charge on any atom is 0.246 e. The van der Waals surface area contributed by atoms with Gasteiger partial charge in [-0.2, -0.15) is 0 Å². The number of hydrogen-bond acceptors (Lipinski definition) is 4. The summed E-state index contributed by atoms with van der Waals surface area (Å²) in [6, 6.07) is 7.64. The van der Waals surface area contributed by atoms with Gasteiger partial charge in [-0.15, -0.1) is 5.10 Å². The molecule has 6 nitrogen and oxygen atoms in total. The van der Waals surface area contributed by atoms with Crippen LogP contribution in [0.15, 0.2) is 30.5 Å². The zero-order valence-electron chi connectivity index (χ0n) is 10.8. The summed E-state index contributed by atoms with van der Waals surface area (Å²) >= 11 is 0. The quantitative estimate of drug-likeness (QED) is 0.828. The Morgan fingerprint density at radius 3 is 2.95 bits per heavy atom. The average Bonchev–Trinajstić information content (AvgIpc) is 2.80. The third-order valence-electron chi connectivity index (χ3n) is 2.71. The molecule has 1 heterocycles. The Morgan fingerprint density at radius 2 is 2.21 bits per heavy atom. The second-order valence-corrected chi connectivity index (χ2v) is 4.31. The summed E-state index contributed by atoms with van der Waals surface area (Å²) in [6.07, 6.45) is 2.41. The maximum absolute atomic E-state index is 11.9. The van der Waals surface area contributed by atoms with E-state index in [1.807, 2.05) is 31.2 Å². The number of carbonyl (C=O) groups is 1. The number of carbonyl (C=O) groups excluding carboxylic acids is 1. The molecule has 0 aliphatic carbocycles. The van der Waals surface area contributed by atoms with Crippen molar-refractivity contribution in [1.82, 2.24) is 15.0 Å². The van der Waals surface area contributed by atoms with E-state index < -0.39 is 0 Å². The fourth-order valence-corrected chi connectivity index (χ4v) is 1.73. The van der Waals surface area contributed by atoms with Gasteiger partial charge < -0.3 is 11.1 Å². The number of aryl methyl sites for hydroxylation is 1. The summed E-state index contributed by atoms with van der Waals surface area (Å²) in [6.45, 7) is 2.62. The van der Waals surface area contributed by atoms with E-state index in [9.17, 15) is 4.79 Å². The normalized spacial score (nSPS) is 10.4. The standard InChI is InChI=1S/C13H17N5O/c1-10-4-2-3-5-12(10)15-13(19)9-18-8-11(6-7-14)16-17-18/h2-5,8H,6-7,9,14H2,1H3,(H,15,19). The van der Waals surface area contributed by atoms with Crippen molar-refractivity contribution >= 4 is 11.6 Å². The maximum atomic E-state index is 11.9. The smallest absolute Gasteiger partial charge is 0.246 e. The Morgan fingerprint density at radius 1 is 1.42 bits per heavy atom. The average molecular weight is 259 g/mol. The molecular formula is C13H17N5O. The minimum Gasteiger partial charge on any atom is -0.330 e. The van der Waals surface area contributed by atoms with Gasteiger partial charge in [-0.3, -0.25) is 4.79 Å². The molecule has 0 spiro atoms. The number of rotatable bonds is 5. The molecule has 0 aliphatic heterocycles. The summed E-state index contributed by atoms with van der Waals surface area (Å²) in [7, 11) is 0. The van der Waals surface area contributed by atoms with Crippen molar-refractivity contribution in [1.29, 1.82) is 0 Å². The molecule has 3 N–H and O–H groups in total. The van der Waals surface area contributed by atoms with Gasteiger partial charge in [0.15, 0.2) is 0 Å². The Labute approximate surface area is 111 Å². The summed E-state index contributed by atoms with van der Waals surface area (Å²) in [5, 5.41) is 10.7. The lowest BCUT2D eigenvalue weighted by molar-refractivity contribution is -0.116. The highest BCUT2D eigenvalue weighted by Crippen LogP contribution is 2.12. The summed E-state index contributed by atoms with van der Waals surface area (Å²) in [4.78, 5) is 11.9. The predicted molar refractivity (Wildman–Crippen MR) is 72.6 cm³/mol. The van der Waals surface area contributed by atoms with Gasteiger partial charge in [0.2, 0.25) is 5.91 Å². The largest absolute Gasteiger partial charge is 0.330 e. The van der Waals surface area contributed by atoms with E-state index in [2.05, 4.69) is 15.6 Å². The summed E-state index contributed by atoms with van der Waals surface area (Å²) in [5.41, 5.74) is 8.07. The predicted octanol–water partition coefficient (Wildman–Crippen LogP) is 0.726. The SMILES string of the molecule is Cc1ccccc1NC(=O)Cn1cc(CCN)nn1. The number of nitrogens with two attached hydrogens (primary N) is 1. The molecule has 0 unspecified atom stereocenters. The lowest BCUT2D eigenvalue weighted by Crippen LogP contribution is -2.19. The summed E-state index contributed by atoms with van der Waals surface area (Å²) < 4.78 is 1.51. The molecule has 0 bridgehead atoms. The second-order valence-electron chi connectivity index (χ2n) is 4.31. The monoisotopic (exact) mass is 259 g/mol. The molecule has 2 rings (SSSR count). The fraction of sp³-hybridized carbons (Fsp3) is 0.308. The van der Waals surface area contributed by atoms with Crippen LogP contribution in [0.4, 0.5) is 5.69 Å². The first-order chi connectivity index (χ1) is 9.19. The Kier molecular flexibility index (Phi) is 4.25. The molecular weight excluding hydrogens is 242 g/mol.